The van der Waals surface area contributed by atoms with Gasteiger partial charge in [0.05, 0.1) is 31.1 Å². The van der Waals surface area contributed by atoms with Gasteiger partial charge in [0.25, 0.3) is 0 Å². The fraction of sp³-hybridized carbons (Fsp3) is 0.429. The van der Waals surface area contributed by atoms with Crippen molar-refractivity contribution in [1.82, 2.24) is 4.31 Å². The molecule has 2 aromatic carbocycles. The quantitative estimate of drug-likeness (QED) is 0.809. The Balaban J connectivity index is 1.67. The first-order valence-corrected chi connectivity index (χ1v) is 10.9. The van der Waals surface area contributed by atoms with Crippen LogP contribution in [0.3, 0.4) is 0 Å². The van der Waals surface area contributed by atoms with Gasteiger partial charge in [0, 0.05) is 0 Å². The van der Waals surface area contributed by atoms with Crippen molar-refractivity contribution in [2.45, 2.75) is 31.8 Å². The first-order chi connectivity index (χ1) is 12.8. The van der Waals surface area contributed by atoms with Crippen LogP contribution >= 0.6 is 0 Å². The summed E-state index contributed by atoms with van der Waals surface area (Å²) < 4.78 is 27.9. The summed E-state index contributed by atoms with van der Waals surface area (Å²) in [6.45, 7) is 8.67. The Bertz CT molecular complexity index is 866. The Morgan fingerprint density at radius 3 is 2.15 bits per heavy atom. The summed E-state index contributed by atoms with van der Waals surface area (Å²) in [5, 5.41) is 10.4. The van der Waals surface area contributed by atoms with Gasteiger partial charge < -0.3 is 10.0 Å². The predicted molar refractivity (Wildman–Crippen MR) is 106 cm³/mol. The van der Waals surface area contributed by atoms with Crippen LogP contribution < -0.4 is 4.90 Å². The van der Waals surface area contributed by atoms with E-state index in [9.17, 15) is 13.5 Å². The van der Waals surface area contributed by atoms with Crippen molar-refractivity contribution in [3.8, 4) is 0 Å². The Morgan fingerprint density at radius 2 is 1.59 bits per heavy atom. The van der Waals surface area contributed by atoms with Crippen molar-refractivity contribution in [3.05, 3.63) is 64.7 Å². The number of benzene rings is 2. The maximum Gasteiger partial charge on any atom is 0.244 e. The third-order valence-corrected chi connectivity index (χ3v) is 7.50. The molecule has 0 spiro atoms. The van der Waals surface area contributed by atoms with Crippen LogP contribution in [0.25, 0.3) is 0 Å². The number of nitrogens with one attached hydrogen (secondary N) is 1. The average molecular weight is 390 g/mol. The molecule has 1 heterocycles. The van der Waals surface area contributed by atoms with Gasteiger partial charge in [-0.25, -0.2) is 8.42 Å². The molecule has 1 aliphatic heterocycles. The first kappa shape index (κ1) is 20.0. The number of piperazine rings is 1. The minimum Gasteiger partial charge on any atom is -0.382 e. The van der Waals surface area contributed by atoms with E-state index in [4.69, 9.17) is 0 Å². The molecular formula is C21H29N2O3S+. The molecule has 3 rings (SSSR count). The SMILES string of the molecule is Cc1cc(C)c(S(=O)(=O)N2CC[NH+](C[C@@H](O)c3ccccc3)CC2)c(C)c1. The van der Waals surface area contributed by atoms with Crippen LogP contribution in [-0.2, 0) is 10.0 Å². The second-order valence-electron chi connectivity index (χ2n) is 7.51. The van der Waals surface area contributed by atoms with E-state index in [1.807, 2.05) is 63.2 Å². The smallest absolute Gasteiger partial charge is 0.244 e. The standard InChI is InChI=1S/C21H28N2O3S/c1-16-13-17(2)21(18(3)14-16)27(25,26)23-11-9-22(10-12-23)15-20(24)19-7-5-4-6-8-19/h4-8,13-14,20,24H,9-12,15H2,1-3H3/p+1/t20-/m1/s1. The zero-order chi connectivity index (χ0) is 19.6. The van der Waals surface area contributed by atoms with Crippen LogP contribution in [0.4, 0.5) is 0 Å². The number of sulfonamides is 1. The average Bonchev–Trinajstić information content (AvgIpc) is 2.61. The van der Waals surface area contributed by atoms with Crippen LogP contribution in [0.1, 0.15) is 28.4 Å². The fourth-order valence-corrected chi connectivity index (χ4v) is 5.87. The lowest BCUT2D eigenvalue weighted by Crippen LogP contribution is -3.15. The van der Waals surface area contributed by atoms with E-state index >= 15 is 0 Å². The Kier molecular flexibility index (Phi) is 6.01. The number of hydrogen-bond donors (Lipinski definition) is 2. The highest BCUT2D eigenvalue weighted by molar-refractivity contribution is 7.89. The molecule has 0 radical (unpaired) electrons. The van der Waals surface area contributed by atoms with E-state index in [0.717, 1.165) is 22.3 Å². The van der Waals surface area contributed by atoms with E-state index in [0.29, 0.717) is 37.6 Å². The number of nitrogens with zero attached hydrogens (tertiary/aromatic N) is 1. The highest BCUT2D eigenvalue weighted by atomic mass is 32.2. The molecule has 27 heavy (non-hydrogen) atoms. The monoisotopic (exact) mass is 389 g/mol. The zero-order valence-corrected chi connectivity index (χ0v) is 17.1. The highest BCUT2D eigenvalue weighted by Crippen LogP contribution is 2.25. The van der Waals surface area contributed by atoms with Gasteiger partial charge in [0.15, 0.2) is 0 Å². The number of aliphatic hydroxyl groups is 1. The molecule has 2 aromatic rings. The van der Waals surface area contributed by atoms with Crippen LogP contribution in [0.15, 0.2) is 47.4 Å². The van der Waals surface area contributed by atoms with Gasteiger partial charge in [-0.3, -0.25) is 0 Å². The Labute approximate surface area is 162 Å². The number of quaternary nitrogens is 1. The van der Waals surface area contributed by atoms with Crippen molar-refractivity contribution in [3.63, 3.8) is 0 Å². The van der Waals surface area contributed by atoms with Gasteiger partial charge in [0.1, 0.15) is 12.6 Å². The van der Waals surface area contributed by atoms with Crippen molar-refractivity contribution in [2.75, 3.05) is 32.7 Å². The summed E-state index contributed by atoms with van der Waals surface area (Å²) in [6, 6.07) is 13.5. The second-order valence-corrected chi connectivity index (χ2v) is 9.39. The van der Waals surface area contributed by atoms with Gasteiger partial charge >= 0.3 is 0 Å². The van der Waals surface area contributed by atoms with Gasteiger partial charge in [-0.2, -0.15) is 4.31 Å². The molecule has 2 N–H and O–H groups in total. The largest absolute Gasteiger partial charge is 0.382 e. The zero-order valence-electron chi connectivity index (χ0n) is 16.3. The molecule has 146 valence electrons. The summed E-state index contributed by atoms with van der Waals surface area (Å²) >= 11 is 0. The number of rotatable bonds is 5. The van der Waals surface area contributed by atoms with E-state index in [2.05, 4.69) is 0 Å². The van der Waals surface area contributed by atoms with Crippen molar-refractivity contribution in [2.24, 2.45) is 0 Å². The van der Waals surface area contributed by atoms with Gasteiger partial charge in [0.2, 0.25) is 10.0 Å². The summed E-state index contributed by atoms with van der Waals surface area (Å²) in [6.07, 6.45) is -0.522. The van der Waals surface area contributed by atoms with E-state index in [-0.39, 0.29) is 0 Å². The van der Waals surface area contributed by atoms with Crippen LogP contribution in [-0.4, -0.2) is 50.6 Å². The molecule has 1 saturated heterocycles. The maximum absolute atomic E-state index is 13.2. The summed E-state index contributed by atoms with van der Waals surface area (Å²) in [7, 11) is -3.49. The summed E-state index contributed by atoms with van der Waals surface area (Å²) in [4.78, 5) is 1.68. The van der Waals surface area contributed by atoms with Crippen LogP contribution in [0.2, 0.25) is 0 Å². The Morgan fingerprint density at radius 1 is 1.04 bits per heavy atom. The molecule has 6 heteroatoms. The number of aliphatic hydroxyl groups excluding tert-OH is 1. The summed E-state index contributed by atoms with van der Waals surface area (Å²) in [5.74, 6) is 0. The third-order valence-electron chi connectivity index (χ3n) is 5.30. The molecular weight excluding hydrogens is 360 g/mol. The molecule has 1 atom stereocenters. The molecule has 0 unspecified atom stereocenters. The lowest BCUT2D eigenvalue weighted by molar-refractivity contribution is -0.907. The molecule has 0 bridgehead atoms. The van der Waals surface area contributed by atoms with Gasteiger partial charge in [-0.15, -0.1) is 0 Å². The second kappa shape index (κ2) is 8.10. The predicted octanol–water partition coefficient (Wildman–Crippen LogP) is 1.23. The van der Waals surface area contributed by atoms with E-state index in [1.165, 1.54) is 4.90 Å². The third kappa shape index (κ3) is 4.41. The normalized spacial score (nSPS) is 17.8. The maximum atomic E-state index is 13.2. The van der Waals surface area contributed by atoms with Crippen molar-refractivity contribution in [1.29, 1.82) is 0 Å². The molecule has 1 fully saturated rings. The van der Waals surface area contributed by atoms with E-state index in [1.54, 1.807) is 4.31 Å². The lowest BCUT2D eigenvalue weighted by atomic mass is 10.1. The van der Waals surface area contributed by atoms with E-state index < -0.39 is 16.1 Å². The van der Waals surface area contributed by atoms with Gasteiger partial charge in [-0.05, 0) is 37.5 Å². The minimum atomic E-state index is -3.49. The Hall–Kier alpha value is -1.73. The molecule has 0 saturated carbocycles. The highest BCUT2D eigenvalue weighted by Gasteiger charge is 2.33. The number of hydrogen-bond acceptors (Lipinski definition) is 3. The van der Waals surface area contributed by atoms with Crippen molar-refractivity contribution >= 4 is 10.0 Å². The summed E-state index contributed by atoms with van der Waals surface area (Å²) in [5.41, 5.74) is 3.60. The topological polar surface area (TPSA) is 62.0 Å². The van der Waals surface area contributed by atoms with Crippen molar-refractivity contribution < 1.29 is 18.4 Å². The fourth-order valence-electron chi connectivity index (χ4n) is 4.02. The van der Waals surface area contributed by atoms with Gasteiger partial charge in [-0.1, -0.05) is 48.0 Å². The molecule has 0 aliphatic carbocycles. The minimum absolute atomic E-state index is 0.445. The lowest BCUT2D eigenvalue weighted by Gasteiger charge is -2.33. The van der Waals surface area contributed by atoms with Crippen LogP contribution in [0.5, 0.6) is 0 Å². The first-order valence-electron chi connectivity index (χ1n) is 9.43. The molecule has 1 aliphatic rings. The van der Waals surface area contributed by atoms with Crippen LogP contribution in [0, 0.1) is 20.8 Å². The molecule has 0 amide bonds. The molecule has 5 nitrogen and oxygen atoms in total. The molecule has 0 aromatic heterocycles. The number of aryl methyl sites for hydroxylation is 3.